The highest BCUT2D eigenvalue weighted by Crippen LogP contribution is 2.35. The first kappa shape index (κ1) is 19.1. The summed E-state index contributed by atoms with van der Waals surface area (Å²) < 4.78 is 23.4. The van der Waals surface area contributed by atoms with E-state index in [1.165, 1.54) is 0 Å². The minimum absolute atomic E-state index is 0.0296. The van der Waals surface area contributed by atoms with Gasteiger partial charge >= 0.3 is 0 Å². The van der Waals surface area contributed by atoms with Gasteiger partial charge in [-0.2, -0.15) is 0 Å². The molecule has 2 aromatic rings. The Hall–Kier alpha value is -2.21. The van der Waals surface area contributed by atoms with E-state index in [1.54, 1.807) is 14.0 Å². The van der Waals surface area contributed by atoms with Gasteiger partial charge in [0.05, 0.1) is 13.2 Å². The Labute approximate surface area is 165 Å². The fourth-order valence-electron chi connectivity index (χ4n) is 4.25. The Morgan fingerprint density at radius 1 is 1.00 bits per heavy atom. The first-order valence-corrected chi connectivity index (χ1v) is 9.63. The van der Waals surface area contributed by atoms with E-state index in [1.807, 2.05) is 36.4 Å². The van der Waals surface area contributed by atoms with Gasteiger partial charge < -0.3 is 18.9 Å². The number of aryl methyl sites for hydroxylation is 2. The number of carbonyl (C=O) groups is 1. The molecule has 28 heavy (non-hydrogen) atoms. The summed E-state index contributed by atoms with van der Waals surface area (Å²) in [4.78, 5) is 11.7. The lowest BCUT2D eigenvalue weighted by molar-refractivity contribution is -0.0138. The van der Waals surface area contributed by atoms with Crippen LogP contribution >= 0.6 is 0 Å². The molecule has 2 aliphatic heterocycles. The molecule has 2 heterocycles. The standard InChI is InChI=1S/C23H26O5/c1-13-8-18(28-20-12-27-22-19(25-4)11-26-23(20)22)9-14(2)21(13)17-7-5-6-16(10-17)15(3)24/h5-10,19-20,22-23H,11-12H2,1-4H3/t19?,20-,22?,23?/m0/s1. The number of rotatable bonds is 5. The van der Waals surface area contributed by atoms with Crippen molar-refractivity contribution in [2.75, 3.05) is 20.3 Å². The quantitative estimate of drug-likeness (QED) is 0.738. The van der Waals surface area contributed by atoms with Gasteiger partial charge in [0.1, 0.15) is 24.1 Å². The number of Topliss-reactive ketones (excluding diaryl/α,β-unsaturated/α-hetero) is 1. The van der Waals surface area contributed by atoms with Gasteiger partial charge in [-0.3, -0.25) is 4.79 Å². The summed E-state index contributed by atoms with van der Waals surface area (Å²) in [6.07, 6.45) is -0.336. The SMILES string of the molecule is COC1COC2C1OC[C@@H]2Oc1cc(C)c(-c2cccc(C(C)=O)c2)c(C)c1. The predicted molar refractivity (Wildman–Crippen MR) is 106 cm³/mol. The average Bonchev–Trinajstić information content (AvgIpc) is 3.24. The summed E-state index contributed by atoms with van der Waals surface area (Å²) in [6.45, 7) is 6.75. The van der Waals surface area contributed by atoms with Crippen molar-refractivity contribution in [2.24, 2.45) is 0 Å². The number of ketones is 1. The summed E-state index contributed by atoms with van der Waals surface area (Å²) in [5, 5.41) is 0. The van der Waals surface area contributed by atoms with E-state index in [2.05, 4.69) is 13.8 Å². The van der Waals surface area contributed by atoms with Gasteiger partial charge in [-0.15, -0.1) is 0 Å². The number of fused-ring (bicyclic) bond motifs is 1. The molecule has 4 atom stereocenters. The Bertz CT molecular complexity index is 867. The van der Waals surface area contributed by atoms with E-state index >= 15 is 0 Å². The van der Waals surface area contributed by atoms with Gasteiger partial charge in [0.2, 0.25) is 0 Å². The van der Waals surface area contributed by atoms with Crippen molar-refractivity contribution in [2.45, 2.75) is 45.2 Å². The molecule has 0 amide bonds. The second kappa shape index (κ2) is 7.66. The van der Waals surface area contributed by atoms with Crippen molar-refractivity contribution in [1.29, 1.82) is 0 Å². The number of hydrogen-bond donors (Lipinski definition) is 0. The summed E-state index contributed by atoms with van der Waals surface area (Å²) in [5.74, 6) is 0.874. The third kappa shape index (κ3) is 3.46. The van der Waals surface area contributed by atoms with Gasteiger partial charge in [0.25, 0.3) is 0 Å². The molecule has 5 nitrogen and oxygen atoms in total. The van der Waals surface area contributed by atoms with Crippen molar-refractivity contribution < 1.29 is 23.7 Å². The van der Waals surface area contributed by atoms with Gasteiger partial charge in [-0.05, 0) is 61.2 Å². The molecule has 0 bridgehead atoms. The predicted octanol–water partition coefficient (Wildman–Crippen LogP) is 3.73. The summed E-state index contributed by atoms with van der Waals surface area (Å²) in [7, 11) is 1.68. The fraction of sp³-hybridized carbons (Fsp3) is 0.435. The van der Waals surface area contributed by atoms with Crippen LogP contribution in [-0.2, 0) is 14.2 Å². The highest BCUT2D eigenvalue weighted by Gasteiger charge is 2.49. The van der Waals surface area contributed by atoms with Crippen LogP contribution in [0.2, 0.25) is 0 Å². The summed E-state index contributed by atoms with van der Waals surface area (Å²) in [6, 6.07) is 11.8. The summed E-state index contributed by atoms with van der Waals surface area (Å²) >= 11 is 0. The van der Waals surface area contributed by atoms with Crippen LogP contribution in [0.15, 0.2) is 36.4 Å². The van der Waals surface area contributed by atoms with Crippen LogP contribution < -0.4 is 4.74 Å². The van der Waals surface area contributed by atoms with Crippen LogP contribution in [0.4, 0.5) is 0 Å². The molecule has 2 aliphatic rings. The molecule has 0 saturated carbocycles. The minimum atomic E-state index is -0.143. The number of hydrogen-bond acceptors (Lipinski definition) is 5. The van der Waals surface area contributed by atoms with Crippen molar-refractivity contribution in [3.8, 4) is 16.9 Å². The van der Waals surface area contributed by atoms with E-state index < -0.39 is 0 Å². The zero-order valence-corrected chi connectivity index (χ0v) is 16.7. The zero-order valence-electron chi connectivity index (χ0n) is 16.7. The molecule has 2 aromatic carbocycles. The van der Waals surface area contributed by atoms with E-state index in [0.29, 0.717) is 13.2 Å². The molecule has 0 radical (unpaired) electrons. The van der Waals surface area contributed by atoms with E-state index in [-0.39, 0.29) is 30.2 Å². The van der Waals surface area contributed by atoms with E-state index in [9.17, 15) is 4.79 Å². The number of ether oxygens (including phenoxy) is 4. The highest BCUT2D eigenvalue weighted by atomic mass is 16.6. The van der Waals surface area contributed by atoms with Crippen LogP contribution in [0, 0.1) is 13.8 Å². The van der Waals surface area contributed by atoms with Crippen LogP contribution in [0.25, 0.3) is 11.1 Å². The first-order valence-electron chi connectivity index (χ1n) is 9.63. The summed E-state index contributed by atoms with van der Waals surface area (Å²) in [5.41, 5.74) is 5.10. The lowest BCUT2D eigenvalue weighted by Gasteiger charge is -2.20. The van der Waals surface area contributed by atoms with Crippen LogP contribution in [0.1, 0.15) is 28.4 Å². The molecule has 0 aromatic heterocycles. The third-order valence-electron chi connectivity index (χ3n) is 5.62. The molecule has 2 saturated heterocycles. The van der Waals surface area contributed by atoms with E-state index in [0.717, 1.165) is 33.6 Å². The molecule has 4 rings (SSSR count). The third-order valence-corrected chi connectivity index (χ3v) is 5.62. The molecular formula is C23H26O5. The second-order valence-electron chi connectivity index (χ2n) is 7.60. The molecule has 148 valence electrons. The number of benzene rings is 2. The maximum Gasteiger partial charge on any atom is 0.159 e. The molecular weight excluding hydrogens is 356 g/mol. The topological polar surface area (TPSA) is 54.0 Å². The van der Waals surface area contributed by atoms with Crippen molar-refractivity contribution in [3.05, 3.63) is 53.1 Å². The van der Waals surface area contributed by atoms with Gasteiger partial charge in [-0.1, -0.05) is 18.2 Å². The van der Waals surface area contributed by atoms with Gasteiger partial charge in [0.15, 0.2) is 11.9 Å². The maximum atomic E-state index is 11.7. The van der Waals surface area contributed by atoms with Crippen LogP contribution in [0.5, 0.6) is 5.75 Å². The Morgan fingerprint density at radius 3 is 2.29 bits per heavy atom. The van der Waals surface area contributed by atoms with Crippen molar-refractivity contribution in [1.82, 2.24) is 0 Å². The van der Waals surface area contributed by atoms with Crippen molar-refractivity contribution in [3.63, 3.8) is 0 Å². The Morgan fingerprint density at radius 2 is 1.64 bits per heavy atom. The largest absolute Gasteiger partial charge is 0.485 e. The first-order chi connectivity index (χ1) is 13.5. The normalized spacial score (nSPS) is 26.3. The van der Waals surface area contributed by atoms with Gasteiger partial charge in [-0.25, -0.2) is 0 Å². The maximum absolute atomic E-state index is 11.7. The van der Waals surface area contributed by atoms with Crippen LogP contribution in [0.3, 0.4) is 0 Å². The molecule has 3 unspecified atom stereocenters. The van der Waals surface area contributed by atoms with Crippen molar-refractivity contribution >= 4 is 5.78 Å². The Balaban J connectivity index is 1.57. The fourth-order valence-corrected chi connectivity index (χ4v) is 4.25. The lowest BCUT2D eigenvalue weighted by atomic mass is 9.93. The molecule has 0 aliphatic carbocycles. The average molecular weight is 382 g/mol. The van der Waals surface area contributed by atoms with E-state index in [4.69, 9.17) is 18.9 Å². The smallest absolute Gasteiger partial charge is 0.159 e. The van der Waals surface area contributed by atoms with Gasteiger partial charge in [0, 0.05) is 12.7 Å². The molecule has 0 N–H and O–H groups in total. The number of methoxy groups -OCH3 is 1. The van der Waals surface area contributed by atoms with Crippen LogP contribution in [-0.4, -0.2) is 50.5 Å². The Kier molecular flexibility index (Phi) is 5.23. The molecule has 2 fully saturated rings. The minimum Gasteiger partial charge on any atom is -0.485 e. The highest BCUT2D eigenvalue weighted by molar-refractivity contribution is 5.95. The number of carbonyl (C=O) groups excluding carboxylic acids is 1. The molecule has 0 spiro atoms. The zero-order chi connectivity index (χ0) is 19.8. The second-order valence-corrected chi connectivity index (χ2v) is 7.60. The monoisotopic (exact) mass is 382 g/mol. The molecule has 5 heteroatoms. The lowest BCUT2D eigenvalue weighted by Crippen LogP contribution is -2.35.